The van der Waals surface area contributed by atoms with Gasteiger partial charge in [0.2, 0.25) is 5.91 Å². The molecule has 2 N–H and O–H groups in total. The van der Waals surface area contributed by atoms with E-state index in [1.54, 1.807) is 0 Å². The fourth-order valence-electron chi connectivity index (χ4n) is 3.49. The molecule has 0 bridgehead atoms. The van der Waals surface area contributed by atoms with Crippen LogP contribution >= 0.6 is 0 Å². The highest BCUT2D eigenvalue weighted by atomic mass is 16.4. The normalized spacial score (nSPS) is 19.4. The lowest BCUT2D eigenvalue weighted by Gasteiger charge is -2.25. The lowest BCUT2D eigenvalue weighted by Crippen LogP contribution is -2.37. The van der Waals surface area contributed by atoms with Crippen molar-refractivity contribution in [3.8, 4) is 0 Å². The van der Waals surface area contributed by atoms with Crippen molar-refractivity contribution in [2.75, 3.05) is 0 Å². The molecule has 1 rings (SSSR count). The van der Waals surface area contributed by atoms with E-state index >= 15 is 0 Å². The zero-order chi connectivity index (χ0) is 17.1. The summed E-state index contributed by atoms with van der Waals surface area (Å²) in [4.78, 5) is 23.1. The summed E-state index contributed by atoms with van der Waals surface area (Å²) in [6.07, 6.45) is 14.0. The number of amides is 1. The van der Waals surface area contributed by atoms with Gasteiger partial charge in [0.1, 0.15) is 0 Å². The molecule has 0 heterocycles. The maximum atomic E-state index is 12.3. The first-order chi connectivity index (χ1) is 10.9. The quantitative estimate of drug-likeness (QED) is 0.772. The molecular weight excluding hydrogens is 290 g/mol. The van der Waals surface area contributed by atoms with Crippen molar-refractivity contribution < 1.29 is 14.7 Å². The third-order valence-electron chi connectivity index (χ3n) is 4.74. The molecule has 1 aliphatic carbocycles. The van der Waals surface area contributed by atoms with E-state index in [4.69, 9.17) is 5.11 Å². The Labute approximate surface area is 141 Å². The molecule has 1 saturated carbocycles. The molecule has 4 nitrogen and oxygen atoms in total. The summed E-state index contributed by atoms with van der Waals surface area (Å²) in [5, 5.41) is 12.1. The van der Waals surface area contributed by atoms with Crippen LogP contribution in [0.5, 0.6) is 0 Å². The third kappa shape index (κ3) is 10.4. The van der Waals surface area contributed by atoms with E-state index in [1.807, 2.05) is 13.8 Å². The molecule has 0 aromatic rings. The van der Waals surface area contributed by atoms with Crippen LogP contribution in [0.1, 0.15) is 97.3 Å². The summed E-state index contributed by atoms with van der Waals surface area (Å²) in [6.45, 7) is 3.70. The Morgan fingerprint density at radius 1 is 0.870 bits per heavy atom. The zero-order valence-electron chi connectivity index (χ0n) is 15.0. The maximum Gasteiger partial charge on any atom is 0.303 e. The molecule has 0 unspecified atom stereocenters. The van der Waals surface area contributed by atoms with E-state index in [9.17, 15) is 9.59 Å². The largest absolute Gasteiger partial charge is 0.481 e. The van der Waals surface area contributed by atoms with Crippen LogP contribution in [0.25, 0.3) is 0 Å². The molecule has 0 spiro atoms. The third-order valence-corrected chi connectivity index (χ3v) is 4.74. The molecule has 0 radical (unpaired) electrons. The minimum Gasteiger partial charge on any atom is -0.481 e. The lowest BCUT2D eigenvalue weighted by atomic mass is 9.85. The van der Waals surface area contributed by atoms with E-state index < -0.39 is 11.4 Å². The van der Waals surface area contributed by atoms with Crippen molar-refractivity contribution in [1.82, 2.24) is 5.32 Å². The second-order valence-corrected chi connectivity index (χ2v) is 7.94. The van der Waals surface area contributed by atoms with E-state index in [0.717, 1.165) is 12.8 Å². The molecule has 0 atom stereocenters. The fraction of sp³-hybridized carbons (Fsp3) is 0.895. The standard InChI is InChI=1S/C19H35NO3/c1-19(2,15-18(22)23)14-17(21)20-16-12-10-8-6-4-3-5-7-9-11-13-16/h16H,3-15H2,1-2H3,(H,20,21)(H,22,23). The van der Waals surface area contributed by atoms with Crippen LogP contribution in [0.2, 0.25) is 0 Å². The number of nitrogens with one attached hydrogen (secondary N) is 1. The monoisotopic (exact) mass is 325 g/mol. The van der Waals surface area contributed by atoms with Gasteiger partial charge in [-0.05, 0) is 18.3 Å². The molecule has 1 amide bonds. The number of aliphatic carboxylic acids is 1. The minimum atomic E-state index is -0.839. The highest BCUT2D eigenvalue weighted by Crippen LogP contribution is 2.25. The van der Waals surface area contributed by atoms with E-state index in [2.05, 4.69) is 5.32 Å². The van der Waals surface area contributed by atoms with Gasteiger partial charge in [-0.3, -0.25) is 9.59 Å². The van der Waals surface area contributed by atoms with Crippen LogP contribution in [0.15, 0.2) is 0 Å². The van der Waals surface area contributed by atoms with Gasteiger partial charge in [-0.15, -0.1) is 0 Å². The summed E-state index contributed by atoms with van der Waals surface area (Å²) >= 11 is 0. The Morgan fingerprint density at radius 3 is 1.74 bits per heavy atom. The van der Waals surface area contributed by atoms with E-state index in [-0.39, 0.29) is 24.8 Å². The number of carbonyl (C=O) groups excluding carboxylic acids is 1. The average molecular weight is 325 g/mol. The van der Waals surface area contributed by atoms with Crippen molar-refractivity contribution in [2.24, 2.45) is 5.41 Å². The molecule has 0 saturated heterocycles. The van der Waals surface area contributed by atoms with Gasteiger partial charge in [0.15, 0.2) is 0 Å². The van der Waals surface area contributed by atoms with Crippen LogP contribution in [-0.4, -0.2) is 23.0 Å². The molecule has 1 aliphatic rings. The number of carbonyl (C=O) groups is 2. The molecule has 0 aromatic heterocycles. The Kier molecular flexibility index (Phi) is 9.27. The van der Waals surface area contributed by atoms with Crippen LogP contribution in [0.3, 0.4) is 0 Å². The predicted octanol–water partition coefficient (Wildman–Crippen LogP) is 4.67. The van der Waals surface area contributed by atoms with Crippen molar-refractivity contribution in [3.63, 3.8) is 0 Å². The summed E-state index contributed by atoms with van der Waals surface area (Å²) in [7, 11) is 0. The zero-order valence-corrected chi connectivity index (χ0v) is 15.0. The molecule has 4 heteroatoms. The first-order valence-electron chi connectivity index (χ1n) is 9.40. The van der Waals surface area contributed by atoms with Crippen LogP contribution in [-0.2, 0) is 9.59 Å². The first kappa shape index (κ1) is 20.0. The molecule has 0 aliphatic heterocycles. The summed E-state index contributed by atoms with van der Waals surface area (Å²) in [5.41, 5.74) is -0.485. The van der Waals surface area contributed by atoms with Gasteiger partial charge < -0.3 is 10.4 Å². The number of hydrogen-bond donors (Lipinski definition) is 2. The summed E-state index contributed by atoms with van der Waals surface area (Å²) in [6, 6.07) is 0.266. The van der Waals surface area contributed by atoms with Gasteiger partial charge in [0.05, 0.1) is 6.42 Å². The molecule has 23 heavy (non-hydrogen) atoms. The van der Waals surface area contributed by atoms with E-state index in [0.29, 0.717) is 0 Å². The summed E-state index contributed by atoms with van der Waals surface area (Å²) in [5.74, 6) is -0.831. The van der Waals surface area contributed by atoms with Gasteiger partial charge in [-0.25, -0.2) is 0 Å². The van der Waals surface area contributed by atoms with Crippen molar-refractivity contribution in [2.45, 2.75) is 103 Å². The highest BCUT2D eigenvalue weighted by Gasteiger charge is 2.26. The van der Waals surface area contributed by atoms with Crippen LogP contribution in [0, 0.1) is 5.41 Å². The minimum absolute atomic E-state index is 0.00773. The van der Waals surface area contributed by atoms with Gasteiger partial charge in [0.25, 0.3) is 0 Å². The second-order valence-electron chi connectivity index (χ2n) is 7.94. The van der Waals surface area contributed by atoms with Crippen LogP contribution < -0.4 is 5.32 Å². The van der Waals surface area contributed by atoms with Gasteiger partial charge >= 0.3 is 5.97 Å². The number of hydrogen-bond acceptors (Lipinski definition) is 2. The van der Waals surface area contributed by atoms with Crippen LogP contribution in [0.4, 0.5) is 0 Å². The predicted molar refractivity (Wildman–Crippen MR) is 93.4 cm³/mol. The van der Waals surface area contributed by atoms with Crippen molar-refractivity contribution in [3.05, 3.63) is 0 Å². The van der Waals surface area contributed by atoms with Crippen molar-refractivity contribution in [1.29, 1.82) is 0 Å². The molecule has 0 aromatic carbocycles. The average Bonchev–Trinajstić information content (AvgIpc) is 2.39. The lowest BCUT2D eigenvalue weighted by molar-refractivity contribution is -0.139. The Bertz CT molecular complexity index is 354. The van der Waals surface area contributed by atoms with Gasteiger partial charge in [0, 0.05) is 12.5 Å². The Hall–Kier alpha value is -1.06. The smallest absolute Gasteiger partial charge is 0.303 e. The fourth-order valence-corrected chi connectivity index (χ4v) is 3.49. The number of rotatable bonds is 5. The van der Waals surface area contributed by atoms with Gasteiger partial charge in [-0.1, -0.05) is 71.6 Å². The Morgan fingerprint density at radius 2 is 1.30 bits per heavy atom. The molecule has 134 valence electrons. The number of carboxylic acid groups (broad SMARTS) is 1. The molecule has 1 fully saturated rings. The number of carboxylic acids is 1. The Balaban J connectivity index is 2.43. The van der Waals surface area contributed by atoms with Crippen molar-refractivity contribution >= 4 is 11.9 Å². The SMILES string of the molecule is CC(C)(CC(=O)O)CC(=O)NC1CCCCCCCCCCC1. The second kappa shape index (κ2) is 10.7. The summed E-state index contributed by atoms with van der Waals surface area (Å²) < 4.78 is 0. The highest BCUT2D eigenvalue weighted by molar-refractivity contribution is 5.78. The molecular formula is C19H35NO3. The van der Waals surface area contributed by atoms with E-state index in [1.165, 1.54) is 57.8 Å². The maximum absolute atomic E-state index is 12.3. The van der Waals surface area contributed by atoms with Gasteiger partial charge in [-0.2, -0.15) is 0 Å². The first-order valence-corrected chi connectivity index (χ1v) is 9.40. The topological polar surface area (TPSA) is 66.4 Å².